The highest BCUT2D eigenvalue weighted by Crippen LogP contribution is 2.29. The highest BCUT2D eigenvalue weighted by molar-refractivity contribution is 5.96. The Balaban J connectivity index is 1.88. The van der Waals surface area contributed by atoms with Crippen molar-refractivity contribution in [2.24, 2.45) is 0 Å². The number of ether oxygens (including phenoxy) is 3. The maximum absolute atomic E-state index is 12.3. The van der Waals surface area contributed by atoms with E-state index in [1.165, 1.54) is 25.3 Å². The van der Waals surface area contributed by atoms with Gasteiger partial charge in [-0.05, 0) is 42.8 Å². The largest absolute Gasteiger partial charge is 0.493 e. The van der Waals surface area contributed by atoms with E-state index in [4.69, 9.17) is 9.47 Å². The summed E-state index contributed by atoms with van der Waals surface area (Å²) in [5, 5.41) is 0. The molecule has 2 N–H and O–H groups in total. The second-order valence-corrected chi connectivity index (χ2v) is 5.35. The van der Waals surface area contributed by atoms with Gasteiger partial charge in [-0.2, -0.15) is 8.78 Å². The molecule has 0 aliphatic carbocycles. The molecule has 2 amide bonds. The van der Waals surface area contributed by atoms with Crippen LogP contribution in [0.3, 0.4) is 0 Å². The van der Waals surface area contributed by atoms with Crippen LogP contribution < -0.4 is 25.1 Å². The minimum absolute atomic E-state index is 0.0444. The SMILES string of the molecule is COc1cc(C(=O)NNC(=O)COc2cccc(C)c2)ccc1OC(F)F. The Morgan fingerprint density at radius 2 is 1.85 bits per heavy atom. The number of nitrogens with one attached hydrogen (secondary N) is 2. The molecule has 2 rings (SSSR count). The van der Waals surface area contributed by atoms with Gasteiger partial charge >= 0.3 is 6.61 Å². The second kappa shape index (κ2) is 9.37. The van der Waals surface area contributed by atoms with Crippen LogP contribution in [0.4, 0.5) is 8.78 Å². The summed E-state index contributed by atoms with van der Waals surface area (Å²) in [6.45, 7) is -1.43. The van der Waals surface area contributed by atoms with Gasteiger partial charge in [-0.25, -0.2) is 0 Å². The van der Waals surface area contributed by atoms with Crippen LogP contribution in [0.1, 0.15) is 15.9 Å². The van der Waals surface area contributed by atoms with Gasteiger partial charge in [-0.15, -0.1) is 0 Å². The molecule has 144 valence electrons. The van der Waals surface area contributed by atoms with Crippen LogP contribution >= 0.6 is 0 Å². The molecular weight excluding hydrogens is 362 g/mol. The van der Waals surface area contributed by atoms with Crippen molar-refractivity contribution >= 4 is 11.8 Å². The van der Waals surface area contributed by atoms with Crippen LogP contribution in [0.5, 0.6) is 17.2 Å². The normalized spacial score (nSPS) is 10.3. The third kappa shape index (κ3) is 6.14. The Bertz CT molecular complexity index is 814. The Labute approximate surface area is 154 Å². The Kier molecular flexibility index (Phi) is 6.93. The molecular formula is C18H18F2N2O5. The zero-order valence-corrected chi connectivity index (χ0v) is 14.6. The number of benzene rings is 2. The van der Waals surface area contributed by atoms with E-state index in [-0.39, 0.29) is 23.7 Å². The molecule has 0 bridgehead atoms. The van der Waals surface area contributed by atoms with Gasteiger partial charge < -0.3 is 14.2 Å². The summed E-state index contributed by atoms with van der Waals surface area (Å²) in [7, 11) is 1.25. The lowest BCUT2D eigenvalue weighted by Gasteiger charge is -2.12. The predicted octanol–water partition coefficient (Wildman–Crippen LogP) is 2.45. The molecule has 2 aromatic rings. The highest BCUT2D eigenvalue weighted by Gasteiger charge is 2.14. The lowest BCUT2D eigenvalue weighted by atomic mass is 10.2. The fourth-order valence-electron chi connectivity index (χ4n) is 2.09. The summed E-state index contributed by atoms with van der Waals surface area (Å²) >= 11 is 0. The topological polar surface area (TPSA) is 85.9 Å². The Morgan fingerprint density at radius 1 is 1.07 bits per heavy atom. The molecule has 2 aromatic carbocycles. The van der Waals surface area contributed by atoms with Gasteiger partial charge in [-0.1, -0.05) is 12.1 Å². The van der Waals surface area contributed by atoms with E-state index in [1.807, 2.05) is 13.0 Å². The summed E-state index contributed by atoms with van der Waals surface area (Å²) in [5.41, 5.74) is 5.45. The van der Waals surface area contributed by atoms with Crippen molar-refractivity contribution in [1.82, 2.24) is 10.9 Å². The number of methoxy groups -OCH3 is 1. The van der Waals surface area contributed by atoms with Crippen LogP contribution in [0.25, 0.3) is 0 Å². The minimum atomic E-state index is -3.02. The third-order valence-corrected chi connectivity index (χ3v) is 3.32. The smallest absolute Gasteiger partial charge is 0.387 e. The van der Waals surface area contributed by atoms with Gasteiger partial charge in [0.25, 0.3) is 11.8 Å². The van der Waals surface area contributed by atoms with Gasteiger partial charge in [0.1, 0.15) is 5.75 Å². The number of hydrogen-bond acceptors (Lipinski definition) is 5. The Morgan fingerprint density at radius 3 is 2.52 bits per heavy atom. The second-order valence-electron chi connectivity index (χ2n) is 5.35. The molecule has 0 saturated heterocycles. The van der Waals surface area contributed by atoms with Crippen molar-refractivity contribution < 1.29 is 32.6 Å². The van der Waals surface area contributed by atoms with Gasteiger partial charge in [0.2, 0.25) is 0 Å². The molecule has 7 nitrogen and oxygen atoms in total. The van der Waals surface area contributed by atoms with Gasteiger partial charge in [0, 0.05) is 5.56 Å². The third-order valence-electron chi connectivity index (χ3n) is 3.32. The van der Waals surface area contributed by atoms with Crippen molar-refractivity contribution in [3.05, 3.63) is 53.6 Å². The standard InChI is InChI=1S/C18H18F2N2O5/c1-11-4-3-5-13(8-11)26-10-16(23)21-22-17(24)12-6-7-14(27-18(19)20)15(9-12)25-2/h3-9,18H,10H2,1-2H3,(H,21,23)(H,22,24). The number of carbonyl (C=O) groups excluding carboxylic acids is 2. The quantitative estimate of drug-likeness (QED) is 0.721. The molecule has 0 saturated carbocycles. The van der Waals surface area contributed by atoms with Crippen LogP contribution in [0, 0.1) is 6.92 Å². The molecule has 0 radical (unpaired) electrons. The van der Waals surface area contributed by atoms with Gasteiger partial charge in [0.05, 0.1) is 7.11 Å². The molecule has 0 spiro atoms. The number of hydrogen-bond donors (Lipinski definition) is 2. The van der Waals surface area contributed by atoms with Crippen molar-refractivity contribution in [2.75, 3.05) is 13.7 Å². The van der Waals surface area contributed by atoms with Crippen LogP contribution in [-0.4, -0.2) is 32.1 Å². The average molecular weight is 380 g/mol. The maximum Gasteiger partial charge on any atom is 0.387 e. The van der Waals surface area contributed by atoms with Gasteiger partial charge in [0.15, 0.2) is 18.1 Å². The van der Waals surface area contributed by atoms with Crippen LogP contribution in [-0.2, 0) is 4.79 Å². The first-order valence-electron chi connectivity index (χ1n) is 7.80. The number of aryl methyl sites for hydroxylation is 1. The lowest BCUT2D eigenvalue weighted by molar-refractivity contribution is -0.123. The van der Waals surface area contributed by atoms with E-state index < -0.39 is 18.4 Å². The number of halogens is 2. The molecule has 0 aliphatic heterocycles. The molecule has 0 atom stereocenters. The van der Waals surface area contributed by atoms with E-state index >= 15 is 0 Å². The Hall–Kier alpha value is -3.36. The molecule has 0 aromatic heterocycles. The fourth-order valence-corrected chi connectivity index (χ4v) is 2.09. The van der Waals surface area contributed by atoms with Crippen LogP contribution in [0.15, 0.2) is 42.5 Å². The summed E-state index contributed by atoms with van der Waals surface area (Å²) in [4.78, 5) is 23.8. The first kappa shape index (κ1) is 20.0. The molecule has 27 heavy (non-hydrogen) atoms. The molecule has 0 aliphatic rings. The van der Waals surface area contributed by atoms with E-state index in [0.29, 0.717) is 5.75 Å². The van der Waals surface area contributed by atoms with E-state index in [1.54, 1.807) is 18.2 Å². The number of carbonyl (C=O) groups is 2. The van der Waals surface area contributed by atoms with Crippen LogP contribution in [0.2, 0.25) is 0 Å². The predicted molar refractivity (Wildman–Crippen MR) is 91.9 cm³/mol. The first-order valence-corrected chi connectivity index (χ1v) is 7.80. The first-order chi connectivity index (χ1) is 12.9. The number of rotatable bonds is 7. The molecule has 0 fully saturated rings. The average Bonchev–Trinajstić information content (AvgIpc) is 2.64. The molecule has 0 heterocycles. The zero-order valence-electron chi connectivity index (χ0n) is 14.6. The van der Waals surface area contributed by atoms with Crippen molar-refractivity contribution in [1.29, 1.82) is 0 Å². The van der Waals surface area contributed by atoms with Crippen molar-refractivity contribution in [3.8, 4) is 17.2 Å². The molecule has 0 unspecified atom stereocenters. The van der Waals surface area contributed by atoms with Crippen molar-refractivity contribution in [3.63, 3.8) is 0 Å². The summed E-state index contributed by atoms with van der Waals surface area (Å²) < 4.78 is 39.1. The molecule has 9 heteroatoms. The minimum Gasteiger partial charge on any atom is -0.493 e. The fraction of sp³-hybridized carbons (Fsp3) is 0.222. The maximum atomic E-state index is 12.3. The van der Waals surface area contributed by atoms with E-state index in [0.717, 1.165) is 5.56 Å². The van der Waals surface area contributed by atoms with Gasteiger partial charge in [-0.3, -0.25) is 20.4 Å². The summed E-state index contributed by atoms with van der Waals surface area (Å²) in [6.07, 6.45) is 0. The number of amides is 2. The highest BCUT2D eigenvalue weighted by atomic mass is 19.3. The number of alkyl halides is 2. The zero-order chi connectivity index (χ0) is 19.8. The van der Waals surface area contributed by atoms with Crippen molar-refractivity contribution in [2.45, 2.75) is 13.5 Å². The number of hydrazine groups is 1. The van der Waals surface area contributed by atoms with E-state index in [9.17, 15) is 18.4 Å². The lowest BCUT2D eigenvalue weighted by Crippen LogP contribution is -2.43. The summed E-state index contributed by atoms with van der Waals surface area (Å²) in [5.74, 6) is -0.970. The summed E-state index contributed by atoms with van der Waals surface area (Å²) in [6, 6.07) is 10.8. The monoisotopic (exact) mass is 380 g/mol. The van der Waals surface area contributed by atoms with E-state index in [2.05, 4.69) is 15.6 Å².